The van der Waals surface area contributed by atoms with Gasteiger partial charge in [-0.1, -0.05) is 27.2 Å². The van der Waals surface area contributed by atoms with Crippen LogP contribution in [0.1, 0.15) is 59.3 Å². The van der Waals surface area contributed by atoms with Crippen molar-refractivity contribution >= 4 is 5.78 Å². The molecule has 2 nitrogen and oxygen atoms in total. The molecule has 0 aromatic rings. The fourth-order valence-corrected chi connectivity index (χ4v) is 3.89. The molecule has 3 unspecified atom stereocenters. The van der Waals surface area contributed by atoms with Crippen LogP contribution in [0.4, 0.5) is 0 Å². The van der Waals surface area contributed by atoms with Crippen LogP contribution in [0.5, 0.6) is 0 Å². The first-order valence-electron chi connectivity index (χ1n) is 8.35. The van der Waals surface area contributed by atoms with E-state index in [1.807, 2.05) is 0 Å². The Morgan fingerprint density at radius 3 is 2.79 bits per heavy atom. The molecule has 3 atom stereocenters. The van der Waals surface area contributed by atoms with Crippen LogP contribution in [0.25, 0.3) is 0 Å². The minimum absolute atomic E-state index is 0.330. The van der Waals surface area contributed by atoms with Gasteiger partial charge in [0.15, 0.2) is 0 Å². The van der Waals surface area contributed by atoms with Crippen LogP contribution < -0.4 is 0 Å². The lowest BCUT2D eigenvalue weighted by atomic mass is 9.75. The van der Waals surface area contributed by atoms with E-state index >= 15 is 0 Å². The molecule has 1 aliphatic heterocycles. The van der Waals surface area contributed by atoms with Gasteiger partial charge in [-0.15, -0.1) is 0 Å². The molecule has 110 valence electrons. The van der Waals surface area contributed by atoms with E-state index in [-0.39, 0.29) is 0 Å². The molecule has 1 heterocycles. The number of Topliss-reactive ketones (excluding diaryl/α,β-unsaturated/α-hetero) is 1. The summed E-state index contributed by atoms with van der Waals surface area (Å²) in [6.07, 6.45) is 7.12. The molecule has 0 bridgehead atoms. The Hall–Kier alpha value is -0.370. The van der Waals surface area contributed by atoms with Crippen LogP contribution >= 0.6 is 0 Å². The maximum atomic E-state index is 12.2. The van der Waals surface area contributed by atoms with Crippen molar-refractivity contribution in [2.24, 2.45) is 23.7 Å². The fourth-order valence-electron chi connectivity index (χ4n) is 3.89. The highest BCUT2D eigenvalue weighted by molar-refractivity contribution is 5.82. The van der Waals surface area contributed by atoms with E-state index in [1.54, 1.807) is 0 Å². The fraction of sp³-hybridized carbons (Fsp3) is 0.941. The molecule has 0 aromatic carbocycles. The van der Waals surface area contributed by atoms with Gasteiger partial charge in [-0.2, -0.15) is 0 Å². The van der Waals surface area contributed by atoms with E-state index in [2.05, 4.69) is 25.7 Å². The summed E-state index contributed by atoms with van der Waals surface area (Å²) >= 11 is 0. The van der Waals surface area contributed by atoms with Gasteiger partial charge in [-0.25, -0.2) is 0 Å². The SMILES string of the molecule is CCC1CCCN(CC2CC(C(C)C)CCC2=O)C1. The number of nitrogens with zero attached hydrogens (tertiary/aromatic N) is 1. The van der Waals surface area contributed by atoms with Crippen molar-refractivity contribution in [2.75, 3.05) is 19.6 Å². The molecule has 0 aromatic heterocycles. The monoisotopic (exact) mass is 265 g/mol. The number of ketones is 1. The number of hydrogen-bond donors (Lipinski definition) is 0. The van der Waals surface area contributed by atoms with Crippen molar-refractivity contribution in [3.05, 3.63) is 0 Å². The summed E-state index contributed by atoms with van der Waals surface area (Å²) in [6, 6.07) is 0. The van der Waals surface area contributed by atoms with Gasteiger partial charge in [-0.3, -0.25) is 4.79 Å². The Balaban J connectivity index is 1.87. The Labute approximate surface area is 118 Å². The summed E-state index contributed by atoms with van der Waals surface area (Å²) in [5.41, 5.74) is 0. The van der Waals surface area contributed by atoms with Gasteiger partial charge in [-0.05, 0) is 50.0 Å². The Morgan fingerprint density at radius 1 is 1.32 bits per heavy atom. The van der Waals surface area contributed by atoms with E-state index in [4.69, 9.17) is 0 Å². The third-order valence-electron chi connectivity index (χ3n) is 5.41. The molecule has 0 N–H and O–H groups in total. The number of carbonyl (C=O) groups excluding carboxylic acids is 1. The molecule has 1 aliphatic carbocycles. The second-order valence-corrected chi connectivity index (χ2v) is 7.12. The van der Waals surface area contributed by atoms with Gasteiger partial charge in [0, 0.05) is 25.4 Å². The van der Waals surface area contributed by atoms with Crippen LogP contribution in [0.3, 0.4) is 0 Å². The average Bonchev–Trinajstić information content (AvgIpc) is 2.41. The quantitative estimate of drug-likeness (QED) is 0.771. The molecule has 2 aliphatic rings. The first kappa shape index (κ1) is 15.0. The molecular formula is C17H31NO. The molecule has 1 saturated carbocycles. The maximum absolute atomic E-state index is 12.2. The van der Waals surface area contributed by atoms with Crippen molar-refractivity contribution in [3.63, 3.8) is 0 Å². The standard InChI is InChI=1S/C17H31NO/c1-4-14-6-5-9-18(11-14)12-16-10-15(13(2)3)7-8-17(16)19/h13-16H,4-12H2,1-3H3. The van der Waals surface area contributed by atoms with Crippen molar-refractivity contribution in [1.82, 2.24) is 4.90 Å². The van der Waals surface area contributed by atoms with Gasteiger partial charge in [0.05, 0.1) is 0 Å². The third-order valence-corrected chi connectivity index (χ3v) is 5.41. The minimum atomic E-state index is 0.330. The number of carbonyl (C=O) groups is 1. The Bertz CT molecular complexity index is 300. The molecule has 2 fully saturated rings. The third kappa shape index (κ3) is 4.05. The number of piperidine rings is 1. The minimum Gasteiger partial charge on any atom is -0.302 e. The number of likely N-dealkylation sites (tertiary alicyclic amines) is 1. The van der Waals surface area contributed by atoms with Gasteiger partial charge in [0.2, 0.25) is 0 Å². The van der Waals surface area contributed by atoms with Crippen LogP contribution in [-0.4, -0.2) is 30.3 Å². The highest BCUT2D eigenvalue weighted by atomic mass is 16.1. The second kappa shape index (κ2) is 6.88. The number of hydrogen-bond acceptors (Lipinski definition) is 2. The Kier molecular flexibility index (Phi) is 5.44. The topological polar surface area (TPSA) is 20.3 Å². The van der Waals surface area contributed by atoms with E-state index in [0.29, 0.717) is 11.7 Å². The lowest BCUT2D eigenvalue weighted by Crippen LogP contribution is -2.42. The predicted molar refractivity (Wildman–Crippen MR) is 80.1 cm³/mol. The van der Waals surface area contributed by atoms with Crippen molar-refractivity contribution in [1.29, 1.82) is 0 Å². The first-order valence-corrected chi connectivity index (χ1v) is 8.35. The van der Waals surface area contributed by atoms with Crippen LogP contribution in [0.2, 0.25) is 0 Å². The summed E-state index contributed by atoms with van der Waals surface area (Å²) < 4.78 is 0. The first-order chi connectivity index (χ1) is 9.10. The van der Waals surface area contributed by atoms with Crippen LogP contribution in [0.15, 0.2) is 0 Å². The second-order valence-electron chi connectivity index (χ2n) is 7.12. The molecule has 0 amide bonds. The lowest BCUT2D eigenvalue weighted by Gasteiger charge is -2.37. The lowest BCUT2D eigenvalue weighted by molar-refractivity contribution is -0.126. The van der Waals surface area contributed by atoms with Gasteiger partial charge in [0.25, 0.3) is 0 Å². The highest BCUT2D eigenvalue weighted by Crippen LogP contribution is 2.33. The van der Waals surface area contributed by atoms with E-state index in [1.165, 1.54) is 32.4 Å². The van der Waals surface area contributed by atoms with Crippen molar-refractivity contribution in [2.45, 2.75) is 59.3 Å². The zero-order valence-corrected chi connectivity index (χ0v) is 13.0. The van der Waals surface area contributed by atoms with Gasteiger partial charge in [0.1, 0.15) is 5.78 Å². The molecule has 19 heavy (non-hydrogen) atoms. The van der Waals surface area contributed by atoms with E-state index in [0.717, 1.165) is 43.6 Å². The zero-order chi connectivity index (χ0) is 13.8. The van der Waals surface area contributed by atoms with E-state index < -0.39 is 0 Å². The maximum Gasteiger partial charge on any atom is 0.137 e. The molecular weight excluding hydrogens is 234 g/mol. The smallest absolute Gasteiger partial charge is 0.137 e. The zero-order valence-electron chi connectivity index (χ0n) is 13.0. The van der Waals surface area contributed by atoms with Crippen LogP contribution in [0, 0.1) is 23.7 Å². The predicted octanol–water partition coefficient (Wildman–Crippen LogP) is 3.75. The summed E-state index contributed by atoms with van der Waals surface area (Å²) in [5.74, 6) is 3.25. The summed E-state index contributed by atoms with van der Waals surface area (Å²) in [6.45, 7) is 10.4. The number of rotatable bonds is 4. The largest absolute Gasteiger partial charge is 0.302 e. The van der Waals surface area contributed by atoms with Gasteiger partial charge < -0.3 is 4.90 Å². The molecule has 2 heteroatoms. The highest BCUT2D eigenvalue weighted by Gasteiger charge is 2.32. The summed E-state index contributed by atoms with van der Waals surface area (Å²) in [5, 5.41) is 0. The molecule has 0 radical (unpaired) electrons. The molecule has 2 rings (SSSR count). The average molecular weight is 265 g/mol. The van der Waals surface area contributed by atoms with Gasteiger partial charge >= 0.3 is 0 Å². The van der Waals surface area contributed by atoms with Crippen molar-refractivity contribution < 1.29 is 4.79 Å². The summed E-state index contributed by atoms with van der Waals surface area (Å²) in [4.78, 5) is 14.7. The normalized spacial score (nSPS) is 33.9. The van der Waals surface area contributed by atoms with E-state index in [9.17, 15) is 4.79 Å². The summed E-state index contributed by atoms with van der Waals surface area (Å²) in [7, 11) is 0. The van der Waals surface area contributed by atoms with Crippen molar-refractivity contribution in [3.8, 4) is 0 Å². The molecule has 1 saturated heterocycles. The molecule has 0 spiro atoms. The Morgan fingerprint density at radius 2 is 2.11 bits per heavy atom. The van der Waals surface area contributed by atoms with Crippen LogP contribution in [-0.2, 0) is 4.79 Å².